The molecule has 0 aliphatic carbocycles. The van der Waals surface area contributed by atoms with Crippen LogP contribution in [0.5, 0.6) is 0 Å². The van der Waals surface area contributed by atoms with Gasteiger partial charge in [-0.15, -0.1) is 0 Å². The topological polar surface area (TPSA) is 69.7 Å². The van der Waals surface area contributed by atoms with Gasteiger partial charge in [0.2, 0.25) is 0 Å². The number of hydrogen-bond donors (Lipinski definition) is 0. The predicted octanol–water partition coefficient (Wildman–Crippen LogP) is 0.506. The average Bonchev–Trinajstić information content (AvgIpc) is 2.45. The third-order valence-electron chi connectivity index (χ3n) is 1.70. The van der Waals surface area contributed by atoms with Gasteiger partial charge in [0, 0.05) is 23.6 Å². The molecule has 1 rings (SSSR count). The lowest BCUT2D eigenvalue weighted by Crippen LogP contribution is -2.09. The van der Waals surface area contributed by atoms with E-state index < -0.39 is 17.9 Å². The van der Waals surface area contributed by atoms with Crippen LogP contribution in [0.15, 0.2) is 23.8 Å². The summed E-state index contributed by atoms with van der Waals surface area (Å²) in [7, 11) is 0. The van der Waals surface area contributed by atoms with Gasteiger partial charge < -0.3 is 9.47 Å². The van der Waals surface area contributed by atoms with Crippen molar-refractivity contribution < 1.29 is 23.9 Å². The summed E-state index contributed by atoms with van der Waals surface area (Å²) < 4.78 is 9.00. The van der Waals surface area contributed by atoms with Crippen molar-refractivity contribution in [3.8, 4) is 0 Å². The number of rotatable bonds is 4. The lowest BCUT2D eigenvalue weighted by atomic mass is 10.2. The molecule has 0 unspecified atom stereocenters. The summed E-state index contributed by atoms with van der Waals surface area (Å²) in [4.78, 5) is 32.5. The second kappa shape index (κ2) is 4.54. The number of cyclic esters (lactones) is 2. The molecule has 80 valence electrons. The van der Waals surface area contributed by atoms with Crippen LogP contribution in [0.3, 0.4) is 0 Å². The maximum absolute atomic E-state index is 10.9. The fourth-order valence-electron chi connectivity index (χ4n) is 0.939. The Morgan fingerprint density at radius 3 is 2.67 bits per heavy atom. The zero-order valence-electron chi connectivity index (χ0n) is 8.24. The van der Waals surface area contributed by atoms with Gasteiger partial charge in [-0.1, -0.05) is 6.58 Å². The van der Waals surface area contributed by atoms with Gasteiger partial charge in [0.25, 0.3) is 0 Å². The molecule has 0 amide bonds. The van der Waals surface area contributed by atoms with Gasteiger partial charge in [0.05, 0.1) is 6.61 Å². The molecule has 15 heavy (non-hydrogen) atoms. The summed E-state index contributed by atoms with van der Waals surface area (Å²) in [5.41, 5.74) is 0.503. The third kappa shape index (κ3) is 3.05. The molecule has 0 aromatic heterocycles. The van der Waals surface area contributed by atoms with Gasteiger partial charge in [-0.05, 0) is 6.92 Å². The molecule has 0 N–H and O–H groups in total. The molecule has 0 atom stereocenters. The molecule has 5 nitrogen and oxygen atoms in total. The second-order valence-corrected chi connectivity index (χ2v) is 3.04. The first-order valence-electron chi connectivity index (χ1n) is 4.30. The number of carbonyl (C=O) groups is 3. The minimum absolute atomic E-state index is 0.0277. The Bertz CT molecular complexity index is 364. The van der Waals surface area contributed by atoms with Crippen LogP contribution in [-0.4, -0.2) is 24.5 Å². The zero-order valence-corrected chi connectivity index (χ0v) is 8.24. The first-order valence-corrected chi connectivity index (χ1v) is 4.30. The van der Waals surface area contributed by atoms with Crippen LogP contribution in [0.1, 0.15) is 13.3 Å². The van der Waals surface area contributed by atoms with E-state index >= 15 is 0 Å². The van der Waals surface area contributed by atoms with E-state index in [1.165, 1.54) is 6.92 Å². The van der Waals surface area contributed by atoms with E-state index in [4.69, 9.17) is 4.74 Å². The summed E-state index contributed by atoms with van der Waals surface area (Å²) >= 11 is 0. The van der Waals surface area contributed by atoms with Crippen molar-refractivity contribution in [1.29, 1.82) is 0 Å². The van der Waals surface area contributed by atoms with E-state index in [2.05, 4.69) is 11.3 Å². The fraction of sp³-hybridized carbons (Fsp3) is 0.300. The Morgan fingerprint density at radius 1 is 1.53 bits per heavy atom. The van der Waals surface area contributed by atoms with Crippen molar-refractivity contribution in [1.82, 2.24) is 0 Å². The van der Waals surface area contributed by atoms with Crippen molar-refractivity contribution in [2.45, 2.75) is 13.3 Å². The summed E-state index contributed by atoms with van der Waals surface area (Å²) in [5, 5.41) is 0. The number of ether oxygens (including phenoxy) is 2. The first-order chi connectivity index (χ1) is 7.00. The average molecular weight is 210 g/mol. The molecule has 0 bridgehead atoms. The van der Waals surface area contributed by atoms with Gasteiger partial charge in [0.15, 0.2) is 0 Å². The maximum Gasteiger partial charge on any atom is 0.342 e. The standard InChI is InChI=1S/C10H10O5/c1-6(2)9(12)14-4-3-7-5-8(11)15-10(7)13/h5H,1,3-4H2,2H3. The molecular weight excluding hydrogens is 200 g/mol. The SMILES string of the molecule is C=C(C)C(=O)OCCC1=CC(=O)OC1=O. The van der Waals surface area contributed by atoms with Gasteiger partial charge in [-0.25, -0.2) is 14.4 Å². The quantitative estimate of drug-likeness (QED) is 0.384. The summed E-state index contributed by atoms with van der Waals surface area (Å²) in [6, 6.07) is 0. The van der Waals surface area contributed by atoms with E-state index in [1.54, 1.807) is 0 Å². The van der Waals surface area contributed by atoms with Crippen LogP contribution in [-0.2, 0) is 23.9 Å². The molecule has 5 heteroatoms. The Labute approximate surface area is 86.4 Å². The minimum atomic E-state index is -0.679. The molecule has 0 saturated carbocycles. The van der Waals surface area contributed by atoms with Gasteiger partial charge >= 0.3 is 17.9 Å². The van der Waals surface area contributed by atoms with Gasteiger partial charge in [-0.3, -0.25) is 0 Å². The molecule has 0 saturated heterocycles. The van der Waals surface area contributed by atoms with E-state index in [0.717, 1.165) is 6.08 Å². The Kier molecular flexibility index (Phi) is 3.38. The Hall–Kier alpha value is -1.91. The van der Waals surface area contributed by atoms with Crippen LogP contribution >= 0.6 is 0 Å². The van der Waals surface area contributed by atoms with Crippen molar-refractivity contribution in [3.05, 3.63) is 23.8 Å². The third-order valence-corrected chi connectivity index (χ3v) is 1.70. The predicted molar refractivity (Wildman–Crippen MR) is 49.6 cm³/mol. The first kappa shape index (κ1) is 11.2. The van der Waals surface area contributed by atoms with E-state index in [-0.39, 0.29) is 24.2 Å². The van der Waals surface area contributed by atoms with Crippen LogP contribution in [0, 0.1) is 0 Å². The van der Waals surface area contributed by atoms with Crippen LogP contribution in [0.25, 0.3) is 0 Å². The van der Waals surface area contributed by atoms with Crippen LogP contribution in [0.2, 0.25) is 0 Å². The minimum Gasteiger partial charge on any atom is -0.462 e. The lowest BCUT2D eigenvalue weighted by molar-refractivity contribution is -0.151. The van der Waals surface area contributed by atoms with Gasteiger partial charge in [-0.2, -0.15) is 0 Å². The van der Waals surface area contributed by atoms with Crippen LogP contribution in [0.4, 0.5) is 0 Å². The van der Waals surface area contributed by atoms with Crippen molar-refractivity contribution in [2.24, 2.45) is 0 Å². The monoisotopic (exact) mass is 210 g/mol. The smallest absolute Gasteiger partial charge is 0.342 e. The molecule has 0 radical (unpaired) electrons. The number of carbonyl (C=O) groups excluding carboxylic acids is 3. The fourth-order valence-corrected chi connectivity index (χ4v) is 0.939. The Morgan fingerprint density at radius 2 is 2.20 bits per heavy atom. The van der Waals surface area contributed by atoms with E-state index in [0.29, 0.717) is 0 Å². The largest absolute Gasteiger partial charge is 0.462 e. The number of esters is 3. The second-order valence-electron chi connectivity index (χ2n) is 3.04. The van der Waals surface area contributed by atoms with Crippen molar-refractivity contribution >= 4 is 17.9 Å². The molecule has 1 heterocycles. The molecule has 0 aromatic rings. The highest BCUT2D eigenvalue weighted by Gasteiger charge is 2.23. The highest BCUT2D eigenvalue weighted by atomic mass is 16.6. The Balaban J connectivity index is 2.36. The molecule has 0 fully saturated rings. The van der Waals surface area contributed by atoms with Crippen molar-refractivity contribution in [2.75, 3.05) is 6.61 Å². The highest BCUT2D eigenvalue weighted by Crippen LogP contribution is 2.12. The van der Waals surface area contributed by atoms with Gasteiger partial charge in [0.1, 0.15) is 0 Å². The number of hydrogen-bond acceptors (Lipinski definition) is 5. The van der Waals surface area contributed by atoms with E-state index in [9.17, 15) is 14.4 Å². The van der Waals surface area contributed by atoms with Crippen molar-refractivity contribution in [3.63, 3.8) is 0 Å². The normalized spacial score (nSPS) is 14.6. The lowest BCUT2D eigenvalue weighted by Gasteiger charge is -2.02. The summed E-state index contributed by atoms with van der Waals surface area (Å²) in [5.74, 6) is -1.87. The summed E-state index contributed by atoms with van der Waals surface area (Å²) in [6.45, 7) is 4.95. The van der Waals surface area contributed by atoms with E-state index in [1.807, 2.05) is 0 Å². The molecule has 0 aromatic carbocycles. The molecule has 1 aliphatic rings. The molecule has 1 aliphatic heterocycles. The maximum atomic E-state index is 10.9. The van der Waals surface area contributed by atoms with Crippen LogP contribution < -0.4 is 0 Å². The molecule has 0 spiro atoms. The highest BCUT2D eigenvalue weighted by molar-refractivity contribution is 6.08. The summed E-state index contributed by atoms with van der Waals surface area (Å²) in [6.07, 6.45) is 1.26. The molecular formula is C10H10O5. The zero-order chi connectivity index (χ0) is 11.4.